The highest BCUT2D eigenvalue weighted by Crippen LogP contribution is 2.41. The Morgan fingerprint density at radius 2 is 2.13 bits per heavy atom. The van der Waals surface area contributed by atoms with E-state index in [1.807, 2.05) is 26.0 Å². The number of halogens is 1. The molecule has 0 aromatic heterocycles. The topological polar surface area (TPSA) is 35.2 Å². The van der Waals surface area contributed by atoms with E-state index in [1.54, 1.807) is 0 Å². The van der Waals surface area contributed by atoms with E-state index in [9.17, 15) is 0 Å². The van der Waals surface area contributed by atoms with Crippen LogP contribution in [0.2, 0.25) is 5.02 Å². The molecule has 2 atom stereocenters. The van der Waals surface area contributed by atoms with Crippen LogP contribution in [0, 0.1) is 0 Å². The summed E-state index contributed by atoms with van der Waals surface area (Å²) in [6.45, 7) is 3.97. The normalized spacial score (nSPS) is 24.3. The van der Waals surface area contributed by atoms with Crippen LogP contribution in [-0.4, -0.2) is 12.1 Å². The van der Waals surface area contributed by atoms with E-state index >= 15 is 0 Å². The van der Waals surface area contributed by atoms with Gasteiger partial charge in [-0.25, -0.2) is 0 Å². The van der Waals surface area contributed by atoms with Crippen LogP contribution >= 0.6 is 11.6 Å². The van der Waals surface area contributed by atoms with Gasteiger partial charge < -0.3 is 10.5 Å². The van der Waals surface area contributed by atoms with Crippen molar-refractivity contribution in [2.24, 2.45) is 5.73 Å². The maximum Gasteiger partial charge on any atom is 0.138 e. The smallest absolute Gasteiger partial charge is 0.138 e. The minimum atomic E-state index is 0.150. The van der Waals surface area contributed by atoms with Crippen LogP contribution in [0.4, 0.5) is 0 Å². The molecule has 1 aliphatic rings. The summed E-state index contributed by atoms with van der Waals surface area (Å²) in [4.78, 5) is 0. The van der Waals surface area contributed by atoms with Gasteiger partial charge in [0.05, 0.1) is 11.1 Å². The van der Waals surface area contributed by atoms with Crippen LogP contribution < -0.4 is 10.5 Å². The van der Waals surface area contributed by atoms with Gasteiger partial charge in [-0.05, 0) is 38.0 Å². The molecule has 0 heterocycles. The van der Waals surface area contributed by atoms with Crippen molar-refractivity contribution in [3.63, 3.8) is 0 Å². The lowest BCUT2D eigenvalue weighted by molar-refractivity contribution is 0.242. The van der Waals surface area contributed by atoms with Crippen molar-refractivity contribution in [2.75, 3.05) is 0 Å². The molecule has 0 amide bonds. The summed E-state index contributed by atoms with van der Waals surface area (Å²) in [7, 11) is 0. The zero-order chi connectivity index (χ0) is 11.0. The first-order valence-electron chi connectivity index (χ1n) is 5.29. The molecule has 2 N–H and O–H groups in total. The molecular formula is C12H16ClNO. The number of benzene rings is 1. The molecule has 3 heteroatoms. The highest BCUT2D eigenvalue weighted by Gasteiger charge is 2.35. The third kappa shape index (κ3) is 2.44. The SMILES string of the molecule is CC(C)Oc1ccc(C2CC2N)cc1Cl. The van der Waals surface area contributed by atoms with Crippen LogP contribution in [-0.2, 0) is 0 Å². The summed E-state index contributed by atoms with van der Waals surface area (Å²) in [5.74, 6) is 1.25. The van der Waals surface area contributed by atoms with Gasteiger partial charge in [0.2, 0.25) is 0 Å². The molecule has 0 aliphatic heterocycles. The van der Waals surface area contributed by atoms with Gasteiger partial charge >= 0.3 is 0 Å². The predicted molar refractivity (Wildman–Crippen MR) is 62.5 cm³/mol. The molecule has 15 heavy (non-hydrogen) atoms. The number of nitrogens with two attached hydrogens (primary N) is 1. The van der Waals surface area contributed by atoms with Crippen molar-refractivity contribution in [1.29, 1.82) is 0 Å². The number of rotatable bonds is 3. The Bertz CT molecular complexity index is 365. The summed E-state index contributed by atoms with van der Waals surface area (Å²) < 4.78 is 5.56. The second-order valence-corrected chi connectivity index (χ2v) is 4.77. The average molecular weight is 226 g/mol. The highest BCUT2D eigenvalue weighted by atomic mass is 35.5. The summed E-state index contributed by atoms with van der Waals surface area (Å²) in [5.41, 5.74) is 7.02. The van der Waals surface area contributed by atoms with Crippen molar-refractivity contribution in [3.8, 4) is 5.75 Å². The maximum absolute atomic E-state index is 6.13. The third-order valence-corrected chi connectivity index (χ3v) is 2.88. The summed E-state index contributed by atoms with van der Waals surface area (Å²) >= 11 is 6.13. The molecule has 0 saturated heterocycles. The monoisotopic (exact) mass is 225 g/mol. The minimum Gasteiger partial charge on any atom is -0.489 e. The van der Waals surface area contributed by atoms with Gasteiger partial charge in [-0.15, -0.1) is 0 Å². The Labute approximate surface area is 95.4 Å². The largest absolute Gasteiger partial charge is 0.489 e. The van der Waals surface area contributed by atoms with Crippen LogP contribution in [0.5, 0.6) is 5.75 Å². The molecule has 2 unspecified atom stereocenters. The molecule has 1 aromatic rings. The zero-order valence-corrected chi connectivity index (χ0v) is 9.79. The maximum atomic E-state index is 6.13. The van der Waals surface area contributed by atoms with Gasteiger partial charge in [-0.3, -0.25) is 0 Å². The first kappa shape index (κ1) is 10.8. The van der Waals surface area contributed by atoms with Crippen LogP contribution in [0.1, 0.15) is 31.7 Å². The summed E-state index contributed by atoms with van der Waals surface area (Å²) in [6.07, 6.45) is 1.22. The first-order valence-corrected chi connectivity index (χ1v) is 5.67. The highest BCUT2D eigenvalue weighted by molar-refractivity contribution is 6.32. The first-order chi connectivity index (χ1) is 7.08. The van der Waals surface area contributed by atoms with E-state index in [-0.39, 0.29) is 6.10 Å². The lowest BCUT2D eigenvalue weighted by Crippen LogP contribution is -2.06. The van der Waals surface area contributed by atoms with E-state index in [4.69, 9.17) is 22.1 Å². The molecule has 0 radical (unpaired) electrons. The van der Waals surface area contributed by atoms with Crippen LogP contribution in [0.25, 0.3) is 0 Å². The van der Waals surface area contributed by atoms with Gasteiger partial charge in [-0.2, -0.15) is 0 Å². The fourth-order valence-corrected chi connectivity index (χ4v) is 1.93. The fourth-order valence-electron chi connectivity index (χ4n) is 1.70. The second-order valence-electron chi connectivity index (χ2n) is 4.36. The van der Waals surface area contributed by atoms with Crippen molar-refractivity contribution >= 4 is 11.6 Å². The van der Waals surface area contributed by atoms with Crippen LogP contribution in [0.3, 0.4) is 0 Å². The molecule has 0 bridgehead atoms. The molecule has 0 spiro atoms. The molecule has 82 valence electrons. The molecule has 2 nitrogen and oxygen atoms in total. The lowest BCUT2D eigenvalue weighted by atomic mass is 10.1. The Morgan fingerprint density at radius 3 is 2.60 bits per heavy atom. The molecular weight excluding hydrogens is 210 g/mol. The van der Waals surface area contributed by atoms with Crippen LogP contribution in [0.15, 0.2) is 18.2 Å². The predicted octanol–water partition coefficient (Wildman–Crippen LogP) is 2.94. The Balaban J connectivity index is 2.16. The average Bonchev–Trinajstić information content (AvgIpc) is 2.86. The Hall–Kier alpha value is -0.730. The fraction of sp³-hybridized carbons (Fsp3) is 0.500. The minimum absolute atomic E-state index is 0.150. The standard InChI is InChI=1S/C12H16ClNO/c1-7(2)15-12-4-3-8(5-10(12)13)9-6-11(9)14/h3-5,7,9,11H,6,14H2,1-2H3. The van der Waals surface area contributed by atoms with E-state index < -0.39 is 0 Å². The van der Waals surface area contributed by atoms with Crippen molar-refractivity contribution in [2.45, 2.75) is 38.3 Å². The van der Waals surface area contributed by atoms with Gasteiger partial charge in [0.25, 0.3) is 0 Å². The number of hydrogen-bond donors (Lipinski definition) is 1. The Morgan fingerprint density at radius 1 is 1.47 bits per heavy atom. The summed E-state index contributed by atoms with van der Waals surface area (Å²) in [6, 6.07) is 6.28. The molecule has 1 saturated carbocycles. The van der Waals surface area contributed by atoms with Crippen molar-refractivity contribution in [3.05, 3.63) is 28.8 Å². The van der Waals surface area contributed by atoms with E-state index in [0.717, 1.165) is 12.2 Å². The van der Waals surface area contributed by atoms with Crippen molar-refractivity contribution in [1.82, 2.24) is 0 Å². The van der Waals surface area contributed by atoms with E-state index in [1.165, 1.54) is 5.56 Å². The number of ether oxygens (including phenoxy) is 1. The van der Waals surface area contributed by atoms with Gasteiger partial charge in [0.1, 0.15) is 5.75 Å². The molecule has 1 fully saturated rings. The third-order valence-electron chi connectivity index (χ3n) is 2.59. The molecule has 2 rings (SSSR count). The number of hydrogen-bond acceptors (Lipinski definition) is 2. The Kier molecular flexibility index (Phi) is 2.89. The second kappa shape index (κ2) is 4.03. The zero-order valence-electron chi connectivity index (χ0n) is 9.03. The van der Waals surface area contributed by atoms with E-state index in [2.05, 4.69) is 6.07 Å². The van der Waals surface area contributed by atoms with E-state index in [0.29, 0.717) is 17.0 Å². The van der Waals surface area contributed by atoms with Gasteiger partial charge in [-0.1, -0.05) is 17.7 Å². The van der Waals surface area contributed by atoms with Gasteiger partial charge in [0, 0.05) is 12.0 Å². The van der Waals surface area contributed by atoms with Crippen molar-refractivity contribution < 1.29 is 4.74 Å². The van der Waals surface area contributed by atoms with Gasteiger partial charge in [0.15, 0.2) is 0 Å². The lowest BCUT2D eigenvalue weighted by Gasteiger charge is -2.12. The quantitative estimate of drug-likeness (QED) is 0.859. The molecule has 1 aromatic carbocycles. The molecule has 1 aliphatic carbocycles. The summed E-state index contributed by atoms with van der Waals surface area (Å²) in [5, 5.41) is 0.681.